The molecule has 0 bridgehead atoms. The van der Waals surface area contributed by atoms with Crippen molar-refractivity contribution in [2.75, 3.05) is 5.88 Å². The fourth-order valence-corrected chi connectivity index (χ4v) is 2.56. The molecule has 5 heteroatoms. The lowest BCUT2D eigenvalue weighted by atomic mass is 10.1. The number of ketones is 1. The summed E-state index contributed by atoms with van der Waals surface area (Å²) in [5.41, 5.74) is 0.887. The number of phenolic OH excluding ortho intramolecular Hbond substituents is 1. The molecular weight excluding hydrogens is 238 g/mol. The maximum Gasteiger partial charge on any atom is 0.217 e. The quantitative estimate of drug-likeness (QED) is 0.621. The van der Waals surface area contributed by atoms with Crippen LogP contribution in [-0.4, -0.2) is 29.1 Å². The normalized spacial score (nSPS) is 21.6. The number of benzene rings is 1. The second-order valence-corrected chi connectivity index (χ2v) is 4.63. The third-order valence-electron chi connectivity index (χ3n) is 2.41. The summed E-state index contributed by atoms with van der Waals surface area (Å²) in [5, 5.41) is 12.1. The van der Waals surface area contributed by atoms with Gasteiger partial charge in [0.2, 0.25) is 5.78 Å². The smallest absolute Gasteiger partial charge is 0.217 e. The van der Waals surface area contributed by atoms with Crippen molar-refractivity contribution in [2.24, 2.45) is 0 Å². The van der Waals surface area contributed by atoms with Crippen LogP contribution in [0.1, 0.15) is 5.56 Å². The summed E-state index contributed by atoms with van der Waals surface area (Å²) in [5.74, 6) is 0.360. The van der Waals surface area contributed by atoms with Crippen LogP contribution >= 0.6 is 11.8 Å². The molecule has 1 saturated heterocycles. The number of carbonyl (C=O) groups excluding carboxylic acids is 2. The van der Waals surface area contributed by atoms with E-state index in [9.17, 15) is 9.59 Å². The molecule has 1 unspecified atom stereocenters. The maximum absolute atomic E-state index is 11.3. The third kappa shape index (κ3) is 2.75. The van der Waals surface area contributed by atoms with Gasteiger partial charge in [-0.25, -0.2) is 0 Å². The van der Waals surface area contributed by atoms with Gasteiger partial charge in [-0.15, -0.1) is 11.8 Å². The fourth-order valence-electron chi connectivity index (χ4n) is 1.56. The van der Waals surface area contributed by atoms with Crippen molar-refractivity contribution < 1.29 is 14.7 Å². The molecule has 0 saturated carbocycles. The summed E-state index contributed by atoms with van der Waals surface area (Å²) < 4.78 is 0. The molecule has 2 N–H and O–H groups in total. The summed E-state index contributed by atoms with van der Waals surface area (Å²) >= 11 is 1.50. The van der Waals surface area contributed by atoms with E-state index in [1.165, 1.54) is 11.8 Å². The zero-order chi connectivity index (χ0) is 12.3. The topological polar surface area (TPSA) is 66.4 Å². The number of thioether (sulfide) groups is 1. The number of aromatic hydroxyl groups is 1. The summed E-state index contributed by atoms with van der Waals surface area (Å²) in [4.78, 5) is 22.6. The summed E-state index contributed by atoms with van der Waals surface area (Å²) in [6.07, 6.45) is 2.18. The number of aldehydes is 1. The highest BCUT2D eigenvalue weighted by molar-refractivity contribution is 8.03. The SMILES string of the molecule is O=CC(=O)C1NCSC1=Cc1ccc(O)cc1. The van der Waals surface area contributed by atoms with Crippen molar-refractivity contribution in [1.29, 1.82) is 0 Å². The monoisotopic (exact) mass is 249 g/mol. The van der Waals surface area contributed by atoms with Gasteiger partial charge in [0.15, 0.2) is 6.29 Å². The average Bonchev–Trinajstić information content (AvgIpc) is 2.79. The van der Waals surface area contributed by atoms with E-state index in [0.29, 0.717) is 12.2 Å². The Balaban J connectivity index is 2.23. The number of phenols is 1. The van der Waals surface area contributed by atoms with Gasteiger partial charge in [0.1, 0.15) is 11.8 Å². The molecule has 1 aromatic carbocycles. The van der Waals surface area contributed by atoms with Crippen LogP contribution in [0, 0.1) is 0 Å². The molecule has 0 aliphatic carbocycles. The minimum atomic E-state index is -0.522. The Morgan fingerprint density at radius 2 is 2.12 bits per heavy atom. The first-order chi connectivity index (χ1) is 8.20. The molecular formula is C12H11NO3S. The number of rotatable bonds is 3. The second-order valence-electron chi connectivity index (χ2n) is 3.58. The molecule has 0 spiro atoms. The summed E-state index contributed by atoms with van der Waals surface area (Å²) in [7, 11) is 0. The highest BCUT2D eigenvalue weighted by atomic mass is 32.2. The van der Waals surface area contributed by atoms with Gasteiger partial charge >= 0.3 is 0 Å². The van der Waals surface area contributed by atoms with Crippen molar-refractivity contribution in [3.05, 3.63) is 34.7 Å². The van der Waals surface area contributed by atoms with Crippen molar-refractivity contribution in [3.63, 3.8) is 0 Å². The first-order valence-corrected chi connectivity index (χ1v) is 6.05. The molecule has 0 amide bonds. The molecule has 0 aromatic heterocycles. The number of hydrogen-bond donors (Lipinski definition) is 2. The zero-order valence-corrected chi connectivity index (χ0v) is 9.74. The van der Waals surface area contributed by atoms with E-state index in [1.807, 2.05) is 6.08 Å². The van der Waals surface area contributed by atoms with Crippen LogP contribution in [-0.2, 0) is 9.59 Å². The predicted molar refractivity (Wildman–Crippen MR) is 66.5 cm³/mol. The van der Waals surface area contributed by atoms with Crippen LogP contribution < -0.4 is 5.32 Å². The Morgan fingerprint density at radius 1 is 1.41 bits per heavy atom. The van der Waals surface area contributed by atoms with Crippen molar-refractivity contribution in [3.8, 4) is 5.75 Å². The highest BCUT2D eigenvalue weighted by Crippen LogP contribution is 2.28. The van der Waals surface area contributed by atoms with Crippen LogP contribution in [0.25, 0.3) is 6.08 Å². The van der Waals surface area contributed by atoms with Crippen LogP contribution in [0.3, 0.4) is 0 Å². The number of Topliss-reactive ketones (excluding diaryl/α,β-unsaturated/α-hetero) is 1. The van der Waals surface area contributed by atoms with Crippen molar-refractivity contribution >= 4 is 29.9 Å². The molecule has 1 fully saturated rings. The van der Waals surface area contributed by atoms with Gasteiger partial charge in [-0.2, -0.15) is 0 Å². The molecule has 1 atom stereocenters. The Labute approximate surface area is 103 Å². The zero-order valence-electron chi connectivity index (χ0n) is 8.92. The molecule has 17 heavy (non-hydrogen) atoms. The molecule has 4 nitrogen and oxygen atoms in total. The van der Waals surface area contributed by atoms with Crippen LogP contribution in [0.15, 0.2) is 29.2 Å². The lowest BCUT2D eigenvalue weighted by molar-refractivity contribution is -0.130. The molecule has 1 aliphatic heterocycles. The molecule has 1 aromatic rings. The molecule has 1 aliphatic rings. The predicted octanol–water partition coefficient (Wildman–Crippen LogP) is 1.16. The van der Waals surface area contributed by atoms with Gasteiger partial charge in [-0.3, -0.25) is 14.9 Å². The van der Waals surface area contributed by atoms with Crippen LogP contribution in [0.4, 0.5) is 0 Å². The Morgan fingerprint density at radius 3 is 2.76 bits per heavy atom. The standard InChI is InChI=1S/C12H11NO3S/c14-6-10(16)12-11(17-7-13-12)5-8-1-3-9(15)4-2-8/h1-6,12-13,15H,7H2. The minimum absolute atomic E-state index is 0.199. The number of carbonyl (C=O) groups is 2. The van der Waals surface area contributed by atoms with Gasteiger partial charge in [-0.1, -0.05) is 12.1 Å². The van der Waals surface area contributed by atoms with E-state index in [0.717, 1.165) is 10.5 Å². The molecule has 1 heterocycles. The van der Waals surface area contributed by atoms with Crippen LogP contribution in [0.2, 0.25) is 0 Å². The van der Waals surface area contributed by atoms with E-state index < -0.39 is 11.8 Å². The van der Waals surface area contributed by atoms with Gasteiger partial charge in [0.05, 0.1) is 0 Å². The van der Waals surface area contributed by atoms with E-state index in [2.05, 4.69) is 5.32 Å². The largest absolute Gasteiger partial charge is 0.508 e. The maximum atomic E-state index is 11.3. The van der Waals surface area contributed by atoms with Gasteiger partial charge in [0.25, 0.3) is 0 Å². The Kier molecular flexibility index (Phi) is 3.61. The highest BCUT2D eigenvalue weighted by Gasteiger charge is 2.27. The second kappa shape index (κ2) is 5.16. The Hall–Kier alpha value is -1.59. The van der Waals surface area contributed by atoms with E-state index >= 15 is 0 Å². The fraction of sp³-hybridized carbons (Fsp3) is 0.167. The lowest BCUT2D eigenvalue weighted by Crippen LogP contribution is -2.32. The molecule has 2 rings (SSSR count). The van der Waals surface area contributed by atoms with E-state index in [4.69, 9.17) is 5.11 Å². The lowest BCUT2D eigenvalue weighted by Gasteiger charge is -2.06. The summed E-state index contributed by atoms with van der Waals surface area (Å²) in [6.45, 7) is 0. The summed E-state index contributed by atoms with van der Waals surface area (Å²) in [6, 6.07) is 6.14. The van der Waals surface area contributed by atoms with Crippen molar-refractivity contribution in [1.82, 2.24) is 5.32 Å². The first kappa shape index (κ1) is 11.9. The van der Waals surface area contributed by atoms with Gasteiger partial charge < -0.3 is 5.11 Å². The van der Waals surface area contributed by atoms with E-state index in [1.54, 1.807) is 24.3 Å². The number of hydrogen-bond acceptors (Lipinski definition) is 5. The average molecular weight is 249 g/mol. The third-order valence-corrected chi connectivity index (χ3v) is 3.41. The minimum Gasteiger partial charge on any atom is -0.508 e. The molecule has 88 valence electrons. The number of nitrogens with one attached hydrogen (secondary N) is 1. The van der Waals surface area contributed by atoms with Gasteiger partial charge in [0, 0.05) is 10.8 Å². The van der Waals surface area contributed by atoms with Gasteiger partial charge in [-0.05, 0) is 23.8 Å². The van der Waals surface area contributed by atoms with Crippen LogP contribution in [0.5, 0.6) is 5.75 Å². The van der Waals surface area contributed by atoms with Crippen molar-refractivity contribution in [2.45, 2.75) is 6.04 Å². The first-order valence-electron chi connectivity index (χ1n) is 5.06. The van der Waals surface area contributed by atoms with E-state index in [-0.39, 0.29) is 5.75 Å². The molecule has 0 radical (unpaired) electrons. The Bertz CT molecular complexity index is 467.